The zero-order valence-corrected chi connectivity index (χ0v) is 17.1. The van der Waals surface area contributed by atoms with Gasteiger partial charge in [0.15, 0.2) is 0 Å². The summed E-state index contributed by atoms with van der Waals surface area (Å²) >= 11 is 0. The highest BCUT2D eigenvalue weighted by Gasteiger charge is 2.11. The number of amides is 2. The highest BCUT2D eigenvalue weighted by atomic mass is 16.5. The standard InChI is InChI=1S/C24H25N3O3/c1-3-17-9-6-8-12-21(17)26-23(28)15-24(29)27-25-16-20-19-11-7-5-10-18(19)13-14-22(20)30-4-2/h5-14,16H,3-4,15H2,1-2H3,(H,26,28)(H,27,29). The molecule has 0 aromatic heterocycles. The van der Waals surface area contributed by atoms with Crippen molar-refractivity contribution in [2.75, 3.05) is 11.9 Å². The molecule has 0 saturated carbocycles. The van der Waals surface area contributed by atoms with E-state index in [4.69, 9.17) is 4.74 Å². The molecule has 0 aliphatic carbocycles. The topological polar surface area (TPSA) is 79.8 Å². The van der Waals surface area contributed by atoms with E-state index in [0.717, 1.165) is 34.0 Å². The van der Waals surface area contributed by atoms with Crippen molar-refractivity contribution < 1.29 is 14.3 Å². The fraction of sp³-hybridized carbons (Fsp3) is 0.208. The fourth-order valence-electron chi connectivity index (χ4n) is 3.19. The molecule has 30 heavy (non-hydrogen) atoms. The molecule has 3 rings (SSSR count). The number of nitrogens with zero attached hydrogens (tertiary/aromatic N) is 1. The van der Waals surface area contributed by atoms with Gasteiger partial charge in [0.05, 0.1) is 12.8 Å². The van der Waals surface area contributed by atoms with Crippen molar-refractivity contribution in [3.8, 4) is 5.75 Å². The van der Waals surface area contributed by atoms with Crippen molar-refractivity contribution in [2.45, 2.75) is 26.7 Å². The van der Waals surface area contributed by atoms with E-state index in [-0.39, 0.29) is 12.3 Å². The van der Waals surface area contributed by atoms with Gasteiger partial charge in [0.2, 0.25) is 11.8 Å². The number of para-hydroxylation sites is 1. The van der Waals surface area contributed by atoms with Crippen LogP contribution in [0.25, 0.3) is 10.8 Å². The Morgan fingerprint density at radius 3 is 2.53 bits per heavy atom. The molecule has 3 aromatic carbocycles. The molecule has 6 nitrogen and oxygen atoms in total. The predicted molar refractivity (Wildman–Crippen MR) is 120 cm³/mol. The molecule has 0 bridgehead atoms. The second-order valence-electron chi connectivity index (χ2n) is 6.66. The Morgan fingerprint density at radius 2 is 1.73 bits per heavy atom. The number of carbonyl (C=O) groups excluding carboxylic acids is 2. The van der Waals surface area contributed by atoms with Gasteiger partial charge >= 0.3 is 0 Å². The Labute approximate surface area is 175 Å². The van der Waals surface area contributed by atoms with Crippen LogP contribution in [-0.4, -0.2) is 24.6 Å². The molecule has 0 saturated heterocycles. The summed E-state index contributed by atoms with van der Waals surface area (Å²) in [5.41, 5.74) is 4.94. The molecule has 0 fully saturated rings. The van der Waals surface area contributed by atoms with Gasteiger partial charge in [0.1, 0.15) is 12.2 Å². The predicted octanol–water partition coefficient (Wildman–Crippen LogP) is 4.28. The molecule has 0 radical (unpaired) electrons. The van der Waals surface area contributed by atoms with Crippen molar-refractivity contribution in [3.63, 3.8) is 0 Å². The van der Waals surface area contributed by atoms with E-state index in [1.165, 1.54) is 0 Å². The van der Waals surface area contributed by atoms with Crippen LogP contribution in [0.1, 0.15) is 31.4 Å². The maximum atomic E-state index is 12.2. The molecule has 6 heteroatoms. The normalized spacial score (nSPS) is 10.9. The molecule has 0 aliphatic heterocycles. The number of benzene rings is 3. The Balaban J connectivity index is 1.66. The van der Waals surface area contributed by atoms with Gasteiger partial charge in [-0.1, -0.05) is 55.5 Å². The number of nitrogens with one attached hydrogen (secondary N) is 2. The van der Waals surface area contributed by atoms with E-state index >= 15 is 0 Å². The Bertz CT molecular complexity index is 1080. The summed E-state index contributed by atoms with van der Waals surface area (Å²) in [6, 6.07) is 19.3. The van der Waals surface area contributed by atoms with Crippen molar-refractivity contribution in [2.24, 2.45) is 5.10 Å². The summed E-state index contributed by atoms with van der Waals surface area (Å²) in [5, 5.41) is 8.83. The van der Waals surface area contributed by atoms with Crippen LogP contribution in [0, 0.1) is 0 Å². The lowest BCUT2D eigenvalue weighted by molar-refractivity contribution is -0.126. The van der Waals surface area contributed by atoms with Gasteiger partial charge in [0, 0.05) is 11.3 Å². The molecule has 0 unspecified atom stereocenters. The highest BCUT2D eigenvalue weighted by Crippen LogP contribution is 2.26. The quantitative estimate of drug-likeness (QED) is 0.335. The average molecular weight is 403 g/mol. The third-order valence-electron chi connectivity index (χ3n) is 4.61. The molecule has 0 heterocycles. The van der Waals surface area contributed by atoms with Crippen molar-refractivity contribution in [3.05, 3.63) is 71.8 Å². The minimum atomic E-state index is -0.490. The molecule has 3 aromatic rings. The number of hydrogen-bond acceptors (Lipinski definition) is 4. The maximum Gasteiger partial charge on any atom is 0.249 e. The first-order valence-electron chi connectivity index (χ1n) is 9.96. The molecular formula is C24H25N3O3. The Hall–Kier alpha value is -3.67. The van der Waals surface area contributed by atoms with Crippen LogP contribution in [0.5, 0.6) is 5.75 Å². The Kier molecular flexibility index (Phi) is 7.16. The highest BCUT2D eigenvalue weighted by molar-refractivity contribution is 6.05. The van der Waals surface area contributed by atoms with Crippen LogP contribution in [0.4, 0.5) is 5.69 Å². The molecule has 0 aliphatic rings. The zero-order chi connectivity index (χ0) is 21.3. The monoisotopic (exact) mass is 403 g/mol. The number of aryl methyl sites for hydroxylation is 1. The molecule has 0 spiro atoms. The SMILES string of the molecule is CCOc1ccc2ccccc2c1C=NNC(=O)CC(=O)Nc1ccccc1CC. The van der Waals surface area contributed by atoms with Crippen molar-refractivity contribution in [1.29, 1.82) is 0 Å². The lowest BCUT2D eigenvalue weighted by Gasteiger charge is -2.10. The second-order valence-corrected chi connectivity index (χ2v) is 6.66. The minimum Gasteiger partial charge on any atom is -0.493 e. The summed E-state index contributed by atoms with van der Waals surface area (Å²) in [4.78, 5) is 24.3. The first-order chi connectivity index (χ1) is 14.6. The van der Waals surface area contributed by atoms with Gasteiger partial charge in [-0.05, 0) is 41.8 Å². The molecule has 2 amide bonds. The third kappa shape index (κ3) is 5.23. The second kappa shape index (κ2) is 10.2. The van der Waals surface area contributed by atoms with Crippen molar-refractivity contribution >= 4 is 34.5 Å². The number of rotatable bonds is 8. The smallest absolute Gasteiger partial charge is 0.249 e. The van der Waals surface area contributed by atoms with Gasteiger partial charge in [-0.2, -0.15) is 5.10 Å². The van der Waals surface area contributed by atoms with Gasteiger partial charge in [0.25, 0.3) is 0 Å². The molecule has 0 atom stereocenters. The lowest BCUT2D eigenvalue weighted by atomic mass is 10.0. The van der Waals surface area contributed by atoms with E-state index in [1.807, 2.05) is 74.5 Å². The van der Waals surface area contributed by atoms with Crippen LogP contribution in [0.2, 0.25) is 0 Å². The number of hydrazone groups is 1. The van der Waals surface area contributed by atoms with Gasteiger partial charge in [-0.25, -0.2) is 5.43 Å². The number of hydrogen-bond donors (Lipinski definition) is 2. The van der Waals surface area contributed by atoms with E-state index < -0.39 is 5.91 Å². The van der Waals surface area contributed by atoms with E-state index in [1.54, 1.807) is 6.21 Å². The number of carbonyl (C=O) groups is 2. The lowest BCUT2D eigenvalue weighted by Crippen LogP contribution is -2.25. The Morgan fingerprint density at radius 1 is 0.967 bits per heavy atom. The van der Waals surface area contributed by atoms with Crippen LogP contribution in [0.15, 0.2) is 65.8 Å². The number of ether oxygens (including phenoxy) is 1. The van der Waals surface area contributed by atoms with Crippen LogP contribution >= 0.6 is 0 Å². The summed E-state index contributed by atoms with van der Waals surface area (Å²) in [6.07, 6.45) is 2.03. The van der Waals surface area contributed by atoms with Crippen LogP contribution in [0.3, 0.4) is 0 Å². The summed E-state index contributed by atoms with van der Waals surface area (Å²) in [5.74, 6) is -0.192. The molecule has 2 N–H and O–H groups in total. The van der Waals surface area contributed by atoms with Gasteiger partial charge in [-0.3, -0.25) is 9.59 Å². The first kappa shape index (κ1) is 21.0. The van der Waals surface area contributed by atoms with Crippen molar-refractivity contribution in [1.82, 2.24) is 5.43 Å². The van der Waals surface area contributed by atoms with E-state index in [2.05, 4.69) is 15.8 Å². The first-order valence-corrected chi connectivity index (χ1v) is 9.96. The largest absolute Gasteiger partial charge is 0.493 e. The zero-order valence-electron chi connectivity index (χ0n) is 17.1. The average Bonchev–Trinajstić information content (AvgIpc) is 2.75. The molecular weight excluding hydrogens is 378 g/mol. The maximum absolute atomic E-state index is 12.2. The molecule has 154 valence electrons. The number of fused-ring (bicyclic) bond motifs is 1. The van der Waals surface area contributed by atoms with Gasteiger partial charge < -0.3 is 10.1 Å². The summed E-state index contributed by atoms with van der Waals surface area (Å²) in [7, 11) is 0. The number of anilines is 1. The fourth-order valence-corrected chi connectivity index (χ4v) is 3.19. The van der Waals surface area contributed by atoms with Crippen LogP contribution < -0.4 is 15.5 Å². The van der Waals surface area contributed by atoms with Crippen LogP contribution in [-0.2, 0) is 16.0 Å². The van der Waals surface area contributed by atoms with Gasteiger partial charge in [-0.15, -0.1) is 0 Å². The minimum absolute atomic E-state index is 0.316. The van der Waals surface area contributed by atoms with E-state index in [0.29, 0.717) is 12.4 Å². The summed E-state index contributed by atoms with van der Waals surface area (Å²) < 4.78 is 5.69. The van der Waals surface area contributed by atoms with E-state index in [9.17, 15) is 9.59 Å². The third-order valence-corrected chi connectivity index (χ3v) is 4.61. The summed E-state index contributed by atoms with van der Waals surface area (Å²) in [6.45, 7) is 4.44.